The van der Waals surface area contributed by atoms with Crippen LogP contribution >= 0.6 is 11.6 Å². The molecule has 7 nitrogen and oxygen atoms in total. The number of pyridine rings is 1. The zero-order chi connectivity index (χ0) is 15.9. The first kappa shape index (κ1) is 15.4. The number of hydrogen-bond acceptors (Lipinski definition) is 5. The van der Waals surface area contributed by atoms with E-state index in [9.17, 15) is 4.79 Å². The number of aromatic nitrogens is 3. The Kier molecular flexibility index (Phi) is 3.71. The minimum Gasteiger partial charge on any atom is -0.443 e. The Morgan fingerprint density at radius 3 is 2.67 bits per heavy atom. The van der Waals surface area contributed by atoms with Crippen LogP contribution in [0.25, 0.3) is 11.0 Å². The number of carbonyl (C=O) groups is 1. The molecular formula is C13H18ClN5O2. The minimum atomic E-state index is -0.605. The fraction of sp³-hybridized carbons (Fsp3) is 0.462. The van der Waals surface area contributed by atoms with Gasteiger partial charge in [-0.25, -0.2) is 14.8 Å². The molecule has 0 aliphatic carbocycles. The number of nitrogens with two attached hydrogens (primary N) is 1. The van der Waals surface area contributed by atoms with Gasteiger partial charge in [0.2, 0.25) is 0 Å². The molecule has 2 aromatic rings. The lowest BCUT2D eigenvalue weighted by Crippen LogP contribution is -2.34. The largest absolute Gasteiger partial charge is 0.443 e. The van der Waals surface area contributed by atoms with Gasteiger partial charge in [0.25, 0.3) is 0 Å². The summed E-state index contributed by atoms with van der Waals surface area (Å²) in [7, 11) is 3.34. The molecule has 0 bridgehead atoms. The van der Waals surface area contributed by atoms with Crippen molar-refractivity contribution in [3.05, 3.63) is 11.3 Å². The van der Waals surface area contributed by atoms with Gasteiger partial charge in [0.05, 0.1) is 11.8 Å². The highest BCUT2D eigenvalue weighted by molar-refractivity contribution is 6.37. The number of aryl methyl sites for hydroxylation is 1. The van der Waals surface area contributed by atoms with Gasteiger partial charge in [-0.05, 0) is 20.8 Å². The van der Waals surface area contributed by atoms with Crippen LogP contribution < -0.4 is 10.6 Å². The Hall–Kier alpha value is -2.02. The molecule has 2 rings (SSSR count). The van der Waals surface area contributed by atoms with Crippen LogP contribution in [-0.2, 0) is 11.8 Å². The summed E-state index contributed by atoms with van der Waals surface area (Å²) < 4.78 is 7.04. The van der Waals surface area contributed by atoms with Crippen molar-refractivity contribution >= 4 is 40.4 Å². The summed E-state index contributed by atoms with van der Waals surface area (Å²) in [6.07, 6.45) is 1.05. The molecule has 0 fully saturated rings. The normalized spacial score (nSPS) is 11.7. The summed E-state index contributed by atoms with van der Waals surface area (Å²) in [5.41, 5.74) is 6.32. The topological polar surface area (TPSA) is 86.3 Å². The van der Waals surface area contributed by atoms with E-state index in [0.29, 0.717) is 21.9 Å². The molecule has 0 saturated carbocycles. The van der Waals surface area contributed by atoms with E-state index in [1.165, 1.54) is 4.90 Å². The number of halogens is 1. The smallest absolute Gasteiger partial charge is 0.415 e. The molecule has 2 heterocycles. The molecular weight excluding hydrogens is 294 g/mol. The SMILES string of the molecule is CN(C(=O)OC(C)(C)C)c1nc(N)c(Cl)c2c1ncn2C. The molecule has 8 heteroatoms. The van der Waals surface area contributed by atoms with Crippen molar-refractivity contribution in [3.63, 3.8) is 0 Å². The van der Waals surface area contributed by atoms with E-state index in [0.717, 1.165) is 0 Å². The molecule has 0 atom stereocenters. The quantitative estimate of drug-likeness (QED) is 0.874. The number of ether oxygens (including phenoxy) is 1. The van der Waals surface area contributed by atoms with Gasteiger partial charge in [0.1, 0.15) is 22.0 Å². The number of imidazole rings is 1. The maximum Gasteiger partial charge on any atom is 0.415 e. The molecule has 0 saturated heterocycles. The molecule has 0 spiro atoms. The Balaban J connectivity index is 2.52. The van der Waals surface area contributed by atoms with Crippen LogP contribution in [0.4, 0.5) is 16.4 Å². The number of hydrogen-bond donors (Lipinski definition) is 1. The fourth-order valence-electron chi connectivity index (χ4n) is 1.84. The Morgan fingerprint density at radius 2 is 2.10 bits per heavy atom. The van der Waals surface area contributed by atoms with Crippen molar-refractivity contribution in [1.29, 1.82) is 0 Å². The molecule has 0 aromatic carbocycles. The van der Waals surface area contributed by atoms with Crippen molar-refractivity contribution < 1.29 is 9.53 Å². The second kappa shape index (κ2) is 5.07. The summed E-state index contributed by atoms with van der Waals surface area (Å²) in [6, 6.07) is 0. The first-order valence-corrected chi connectivity index (χ1v) is 6.72. The Labute approximate surface area is 127 Å². The van der Waals surface area contributed by atoms with E-state index in [2.05, 4.69) is 9.97 Å². The third kappa shape index (κ3) is 2.87. The molecule has 114 valence electrons. The average molecular weight is 312 g/mol. The van der Waals surface area contributed by atoms with Crippen molar-refractivity contribution in [1.82, 2.24) is 14.5 Å². The zero-order valence-corrected chi connectivity index (χ0v) is 13.4. The second-order valence-corrected chi connectivity index (χ2v) is 6.10. The van der Waals surface area contributed by atoms with Gasteiger partial charge in [-0.2, -0.15) is 0 Å². The molecule has 0 aliphatic rings. The van der Waals surface area contributed by atoms with Crippen molar-refractivity contribution in [3.8, 4) is 0 Å². The lowest BCUT2D eigenvalue weighted by atomic mass is 10.2. The van der Waals surface area contributed by atoms with E-state index >= 15 is 0 Å². The maximum atomic E-state index is 12.2. The van der Waals surface area contributed by atoms with Gasteiger partial charge in [0.15, 0.2) is 5.82 Å². The first-order valence-electron chi connectivity index (χ1n) is 6.34. The first-order chi connectivity index (χ1) is 9.61. The number of nitrogen functional groups attached to an aromatic ring is 1. The number of fused-ring (bicyclic) bond motifs is 1. The van der Waals surface area contributed by atoms with Gasteiger partial charge in [0, 0.05) is 14.1 Å². The number of nitrogens with zero attached hydrogens (tertiary/aromatic N) is 4. The van der Waals surface area contributed by atoms with Gasteiger partial charge >= 0.3 is 6.09 Å². The summed E-state index contributed by atoms with van der Waals surface area (Å²) in [5.74, 6) is 0.444. The van der Waals surface area contributed by atoms with Crippen molar-refractivity contribution in [2.45, 2.75) is 26.4 Å². The third-order valence-electron chi connectivity index (χ3n) is 2.79. The van der Waals surface area contributed by atoms with E-state index in [1.54, 1.807) is 45.8 Å². The fourth-order valence-corrected chi connectivity index (χ4v) is 2.11. The number of amides is 1. The minimum absolute atomic E-state index is 0.137. The Bertz CT molecular complexity index is 705. The summed E-state index contributed by atoms with van der Waals surface area (Å²) in [4.78, 5) is 21.8. The summed E-state index contributed by atoms with van der Waals surface area (Å²) in [6.45, 7) is 5.37. The van der Waals surface area contributed by atoms with Crippen LogP contribution in [0.5, 0.6) is 0 Å². The van der Waals surface area contributed by atoms with Crippen LogP contribution in [0.15, 0.2) is 6.33 Å². The predicted octanol–water partition coefficient (Wildman–Crippen LogP) is 2.58. The third-order valence-corrected chi connectivity index (χ3v) is 3.17. The van der Waals surface area contributed by atoms with E-state index in [4.69, 9.17) is 22.1 Å². The highest BCUT2D eigenvalue weighted by atomic mass is 35.5. The highest BCUT2D eigenvalue weighted by Crippen LogP contribution is 2.33. The van der Waals surface area contributed by atoms with Crippen LogP contribution in [0, 0.1) is 0 Å². The van der Waals surface area contributed by atoms with Crippen LogP contribution in [-0.4, -0.2) is 33.3 Å². The lowest BCUT2D eigenvalue weighted by Gasteiger charge is -2.24. The highest BCUT2D eigenvalue weighted by Gasteiger charge is 2.25. The number of carbonyl (C=O) groups excluding carboxylic acids is 1. The molecule has 2 N–H and O–H groups in total. The molecule has 21 heavy (non-hydrogen) atoms. The van der Waals surface area contributed by atoms with Gasteiger partial charge < -0.3 is 15.0 Å². The average Bonchev–Trinajstić information content (AvgIpc) is 2.73. The molecule has 0 radical (unpaired) electrons. The summed E-state index contributed by atoms with van der Waals surface area (Å²) in [5, 5.41) is 0.311. The van der Waals surface area contributed by atoms with Crippen molar-refractivity contribution in [2.24, 2.45) is 7.05 Å². The monoisotopic (exact) mass is 311 g/mol. The number of anilines is 2. The maximum absolute atomic E-state index is 12.2. The van der Waals surface area contributed by atoms with Crippen LogP contribution in [0.3, 0.4) is 0 Å². The standard InChI is InChI=1S/C13H18ClN5O2/c1-13(2,3)21-12(20)19(5)11-8-9(18(4)6-16-8)7(14)10(15)17-11/h6H,1-5H3,(H2,15,17). The summed E-state index contributed by atoms with van der Waals surface area (Å²) >= 11 is 6.15. The second-order valence-electron chi connectivity index (χ2n) is 5.73. The molecule has 0 unspecified atom stereocenters. The van der Waals surface area contributed by atoms with Crippen LogP contribution in [0.2, 0.25) is 5.02 Å². The lowest BCUT2D eigenvalue weighted by molar-refractivity contribution is 0.0588. The Morgan fingerprint density at radius 1 is 1.48 bits per heavy atom. The van der Waals surface area contributed by atoms with Gasteiger partial charge in [-0.15, -0.1) is 0 Å². The molecule has 2 aromatic heterocycles. The number of rotatable bonds is 1. The van der Waals surface area contributed by atoms with Crippen molar-refractivity contribution in [2.75, 3.05) is 17.7 Å². The van der Waals surface area contributed by atoms with Crippen LogP contribution in [0.1, 0.15) is 20.8 Å². The molecule has 0 aliphatic heterocycles. The van der Waals surface area contributed by atoms with Gasteiger partial charge in [-0.1, -0.05) is 11.6 Å². The van der Waals surface area contributed by atoms with E-state index < -0.39 is 11.7 Å². The van der Waals surface area contributed by atoms with Gasteiger partial charge in [-0.3, -0.25) is 4.90 Å². The zero-order valence-electron chi connectivity index (χ0n) is 12.6. The predicted molar refractivity (Wildman–Crippen MR) is 82.6 cm³/mol. The molecule has 1 amide bonds. The van der Waals surface area contributed by atoms with E-state index in [-0.39, 0.29) is 5.82 Å². The van der Waals surface area contributed by atoms with E-state index in [1.807, 2.05) is 0 Å².